The molecule has 5 nitrogen and oxygen atoms in total. The number of benzene rings is 1. The van der Waals surface area contributed by atoms with E-state index in [1.54, 1.807) is 16.8 Å². The maximum atomic E-state index is 9.76. The van der Waals surface area contributed by atoms with Crippen LogP contribution in [0, 0.1) is 6.92 Å². The lowest BCUT2D eigenvalue weighted by molar-refractivity contribution is 0.403. The molecule has 0 fully saturated rings. The lowest BCUT2D eigenvalue weighted by Gasteiger charge is -2.01. The maximum absolute atomic E-state index is 9.76. The van der Waals surface area contributed by atoms with E-state index < -0.39 is 0 Å². The zero-order valence-electron chi connectivity index (χ0n) is 11.9. The van der Waals surface area contributed by atoms with Gasteiger partial charge in [-0.05, 0) is 26.0 Å². The monoisotopic (exact) mass is 303 g/mol. The van der Waals surface area contributed by atoms with Gasteiger partial charge in [0.2, 0.25) is 4.80 Å². The molecule has 0 aliphatic carbocycles. The number of phenols is 2. The van der Waals surface area contributed by atoms with E-state index in [1.807, 2.05) is 19.2 Å². The molecule has 0 aliphatic rings. The second kappa shape index (κ2) is 6.41. The summed E-state index contributed by atoms with van der Waals surface area (Å²) in [7, 11) is 0. The first-order chi connectivity index (χ1) is 9.99. The van der Waals surface area contributed by atoms with Gasteiger partial charge in [0.25, 0.3) is 0 Å². The third kappa shape index (κ3) is 3.61. The third-order valence-corrected chi connectivity index (χ3v) is 3.66. The largest absolute Gasteiger partial charge is 0.504 e. The molecule has 0 radical (unpaired) electrons. The number of para-hydroxylation sites is 1. The Hall–Kier alpha value is -2.34. The molecular formula is C15H17N3O2S. The van der Waals surface area contributed by atoms with Crippen LogP contribution >= 0.6 is 11.3 Å². The number of thiazole rings is 1. The summed E-state index contributed by atoms with van der Waals surface area (Å²) < 4.78 is 1.69. The van der Waals surface area contributed by atoms with E-state index in [-0.39, 0.29) is 11.5 Å². The van der Waals surface area contributed by atoms with E-state index in [4.69, 9.17) is 0 Å². The summed E-state index contributed by atoms with van der Waals surface area (Å²) in [5.74, 6) is -0.353. The Balaban J connectivity index is 2.37. The molecule has 2 N–H and O–H groups in total. The van der Waals surface area contributed by atoms with Crippen LogP contribution < -0.4 is 4.80 Å². The fraction of sp³-hybridized carbons (Fsp3) is 0.200. The van der Waals surface area contributed by atoms with Crippen molar-refractivity contribution in [1.82, 2.24) is 4.68 Å². The number of hydrogen-bond acceptors (Lipinski definition) is 5. The van der Waals surface area contributed by atoms with Gasteiger partial charge in [-0.15, -0.1) is 11.3 Å². The number of phenolic OH excluding ortho intramolecular Hbond substituents is 2. The molecule has 2 rings (SSSR count). The van der Waals surface area contributed by atoms with E-state index >= 15 is 0 Å². The van der Waals surface area contributed by atoms with Crippen molar-refractivity contribution in [3.63, 3.8) is 0 Å². The molecule has 2 aromatic rings. The van der Waals surface area contributed by atoms with Gasteiger partial charge in [0, 0.05) is 10.9 Å². The predicted octanol–water partition coefficient (Wildman–Crippen LogP) is 2.63. The average Bonchev–Trinajstić information content (AvgIpc) is 2.79. The lowest BCUT2D eigenvalue weighted by atomic mass is 10.2. The maximum Gasteiger partial charge on any atom is 0.206 e. The van der Waals surface area contributed by atoms with Gasteiger partial charge in [0.15, 0.2) is 11.5 Å². The van der Waals surface area contributed by atoms with Crippen LogP contribution in [0.3, 0.4) is 0 Å². The Morgan fingerprint density at radius 2 is 2.19 bits per heavy atom. The van der Waals surface area contributed by atoms with Crippen molar-refractivity contribution in [2.45, 2.75) is 13.8 Å². The van der Waals surface area contributed by atoms with Crippen molar-refractivity contribution in [3.8, 4) is 11.5 Å². The zero-order chi connectivity index (χ0) is 15.4. The number of aryl methyl sites for hydroxylation is 1. The normalized spacial score (nSPS) is 12.2. The molecule has 0 saturated heterocycles. The van der Waals surface area contributed by atoms with Gasteiger partial charge in [-0.25, -0.2) is 4.68 Å². The van der Waals surface area contributed by atoms with Crippen molar-refractivity contribution in [1.29, 1.82) is 0 Å². The molecule has 0 bridgehead atoms. The van der Waals surface area contributed by atoms with Gasteiger partial charge in [-0.3, -0.25) is 4.99 Å². The van der Waals surface area contributed by atoms with Crippen molar-refractivity contribution >= 4 is 17.6 Å². The van der Waals surface area contributed by atoms with Crippen LogP contribution in [-0.2, 0) is 0 Å². The molecule has 1 heterocycles. The lowest BCUT2D eigenvalue weighted by Crippen LogP contribution is -2.13. The first-order valence-electron chi connectivity index (χ1n) is 6.36. The molecule has 0 aliphatic heterocycles. The van der Waals surface area contributed by atoms with Crippen LogP contribution in [0.2, 0.25) is 0 Å². The fourth-order valence-electron chi connectivity index (χ4n) is 1.61. The smallest absolute Gasteiger partial charge is 0.206 e. The number of hydrogen-bond donors (Lipinski definition) is 2. The number of aromatic nitrogens is 1. The standard InChI is InChI=1S/C15H17N3O2S/c1-10(2)7-16-15-18(11(3)9-21-15)17-8-12-5-4-6-13(19)14(12)20/h4-6,8-9,19-20H,1,7H2,2-3H3. The third-order valence-electron chi connectivity index (χ3n) is 2.69. The Kier molecular flexibility index (Phi) is 4.59. The number of nitrogens with zero attached hydrogens (tertiary/aromatic N) is 3. The summed E-state index contributed by atoms with van der Waals surface area (Å²) in [4.78, 5) is 5.19. The van der Waals surface area contributed by atoms with Crippen molar-refractivity contribution in [2.24, 2.45) is 10.1 Å². The Bertz CT molecular complexity index is 757. The molecule has 110 valence electrons. The van der Waals surface area contributed by atoms with E-state index in [9.17, 15) is 10.2 Å². The predicted molar refractivity (Wildman–Crippen MR) is 85.1 cm³/mol. The van der Waals surface area contributed by atoms with Crippen molar-refractivity contribution in [3.05, 3.63) is 51.8 Å². The second-order valence-corrected chi connectivity index (χ2v) is 5.54. The Morgan fingerprint density at radius 1 is 1.43 bits per heavy atom. The first-order valence-corrected chi connectivity index (χ1v) is 7.24. The van der Waals surface area contributed by atoms with Gasteiger partial charge in [0.1, 0.15) is 0 Å². The molecule has 0 saturated carbocycles. The van der Waals surface area contributed by atoms with Crippen molar-refractivity contribution < 1.29 is 10.2 Å². The van der Waals surface area contributed by atoms with E-state index in [2.05, 4.69) is 16.7 Å². The number of rotatable bonds is 4. The van der Waals surface area contributed by atoms with Gasteiger partial charge in [-0.2, -0.15) is 5.10 Å². The van der Waals surface area contributed by atoms with Crippen LogP contribution in [0.25, 0.3) is 0 Å². The van der Waals surface area contributed by atoms with Crippen LogP contribution in [0.5, 0.6) is 11.5 Å². The molecule has 0 unspecified atom stereocenters. The van der Waals surface area contributed by atoms with Gasteiger partial charge < -0.3 is 10.2 Å². The summed E-state index contributed by atoms with van der Waals surface area (Å²) in [6.07, 6.45) is 1.49. The molecule has 0 atom stereocenters. The van der Waals surface area contributed by atoms with E-state index in [0.29, 0.717) is 12.1 Å². The highest BCUT2D eigenvalue weighted by Crippen LogP contribution is 2.26. The minimum Gasteiger partial charge on any atom is -0.504 e. The highest BCUT2D eigenvalue weighted by atomic mass is 32.1. The second-order valence-electron chi connectivity index (χ2n) is 4.70. The zero-order valence-corrected chi connectivity index (χ0v) is 12.8. The Morgan fingerprint density at radius 3 is 2.90 bits per heavy atom. The topological polar surface area (TPSA) is 70.1 Å². The summed E-state index contributed by atoms with van der Waals surface area (Å²) in [6, 6.07) is 4.74. The van der Waals surface area contributed by atoms with Crippen LogP contribution in [0.4, 0.5) is 0 Å². The minimum absolute atomic E-state index is 0.168. The van der Waals surface area contributed by atoms with Crippen LogP contribution in [0.15, 0.2) is 45.8 Å². The molecule has 0 spiro atoms. The van der Waals surface area contributed by atoms with Crippen molar-refractivity contribution in [2.75, 3.05) is 6.54 Å². The summed E-state index contributed by atoms with van der Waals surface area (Å²) in [5.41, 5.74) is 2.36. The minimum atomic E-state index is -0.185. The molecule has 1 aromatic carbocycles. The first kappa shape index (κ1) is 15.1. The van der Waals surface area contributed by atoms with Gasteiger partial charge in [-0.1, -0.05) is 18.2 Å². The van der Waals surface area contributed by atoms with Gasteiger partial charge >= 0.3 is 0 Å². The molecule has 21 heavy (non-hydrogen) atoms. The summed E-state index contributed by atoms with van der Waals surface area (Å²) >= 11 is 1.49. The fourth-order valence-corrected chi connectivity index (χ4v) is 2.41. The molecule has 1 aromatic heterocycles. The highest BCUT2D eigenvalue weighted by molar-refractivity contribution is 7.07. The van der Waals surface area contributed by atoms with Crippen LogP contribution in [-0.4, -0.2) is 27.6 Å². The Labute approximate surface area is 126 Å². The molecular weight excluding hydrogens is 286 g/mol. The van der Waals surface area contributed by atoms with Crippen LogP contribution in [0.1, 0.15) is 18.2 Å². The number of aromatic hydroxyl groups is 2. The molecule has 0 amide bonds. The van der Waals surface area contributed by atoms with E-state index in [0.717, 1.165) is 16.1 Å². The summed E-state index contributed by atoms with van der Waals surface area (Å²) in [6.45, 7) is 8.22. The average molecular weight is 303 g/mol. The van der Waals surface area contributed by atoms with Gasteiger partial charge in [0.05, 0.1) is 18.5 Å². The van der Waals surface area contributed by atoms with E-state index in [1.165, 1.54) is 23.6 Å². The summed E-state index contributed by atoms with van der Waals surface area (Å²) in [5, 5.41) is 25.5. The molecule has 6 heteroatoms. The quantitative estimate of drug-likeness (QED) is 0.518. The highest BCUT2D eigenvalue weighted by Gasteiger charge is 2.04. The SMILES string of the molecule is C=C(C)CN=c1scc(C)n1N=Cc1cccc(O)c1O.